The molecule has 0 spiro atoms. The van der Waals surface area contributed by atoms with Crippen molar-refractivity contribution in [2.45, 2.75) is 13.1 Å². The van der Waals surface area contributed by atoms with Crippen molar-refractivity contribution in [3.05, 3.63) is 67.6 Å². The van der Waals surface area contributed by atoms with Crippen molar-refractivity contribution in [2.75, 3.05) is 26.2 Å². The highest BCUT2D eigenvalue weighted by Crippen LogP contribution is 2.24. The molecule has 128 valence electrons. The summed E-state index contributed by atoms with van der Waals surface area (Å²) in [6.45, 7) is 5.72. The molecule has 2 aromatic carbocycles. The molecule has 0 bridgehead atoms. The lowest BCUT2D eigenvalue weighted by atomic mass is 10.1. The lowest BCUT2D eigenvalue weighted by Gasteiger charge is -2.35. The molecule has 1 heterocycles. The third-order valence-corrected chi connectivity index (χ3v) is 5.46. The highest BCUT2D eigenvalue weighted by Gasteiger charge is 2.18. The van der Waals surface area contributed by atoms with Crippen LogP contribution in [0.15, 0.2) is 36.4 Å². The molecule has 0 aliphatic carbocycles. The predicted molar refractivity (Wildman–Crippen MR) is 103 cm³/mol. The summed E-state index contributed by atoms with van der Waals surface area (Å²) in [4.78, 5) is 4.82. The minimum Gasteiger partial charge on any atom is -0.296 e. The van der Waals surface area contributed by atoms with Crippen LogP contribution >= 0.6 is 46.4 Å². The molecular weight excluding hydrogens is 386 g/mol. The second-order valence-electron chi connectivity index (χ2n) is 6.02. The van der Waals surface area contributed by atoms with Crippen molar-refractivity contribution in [1.29, 1.82) is 0 Å². The van der Waals surface area contributed by atoms with Gasteiger partial charge in [-0.3, -0.25) is 9.80 Å². The van der Waals surface area contributed by atoms with E-state index in [1.807, 2.05) is 24.3 Å². The standard InChI is InChI=1S/C18H18Cl4N2/c19-15-3-1-13(17(21)9-15)11-23-5-7-24(8-6-23)12-14-2-4-16(20)10-18(14)22/h1-4,9-10H,5-8,11-12H2. The van der Waals surface area contributed by atoms with Crippen LogP contribution < -0.4 is 0 Å². The predicted octanol–water partition coefficient (Wildman–Crippen LogP) is 5.62. The Morgan fingerprint density at radius 1 is 0.625 bits per heavy atom. The van der Waals surface area contributed by atoms with E-state index >= 15 is 0 Å². The third-order valence-electron chi connectivity index (χ3n) is 4.28. The van der Waals surface area contributed by atoms with E-state index in [1.165, 1.54) is 0 Å². The number of benzene rings is 2. The molecule has 0 radical (unpaired) electrons. The van der Waals surface area contributed by atoms with Gasteiger partial charge < -0.3 is 0 Å². The van der Waals surface area contributed by atoms with Gasteiger partial charge in [-0.15, -0.1) is 0 Å². The fourth-order valence-electron chi connectivity index (χ4n) is 2.89. The Morgan fingerprint density at radius 3 is 1.33 bits per heavy atom. The average Bonchev–Trinajstić information content (AvgIpc) is 2.54. The number of hydrogen-bond acceptors (Lipinski definition) is 2. The summed E-state index contributed by atoms with van der Waals surface area (Å²) in [5, 5.41) is 2.82. The van der Waals surface area contributed by atoms with Gasteiger partial charge in [0.05, 0.1) is 0 Å². The molecule has 1 aliphatic rings. The Morgan fingerprint density at radius 2 is 1.00 bits per heavy atom. The minimum absolute atomic E-state index is 0.674. The lowest BCUT2D eigenvalue weighted by Crippen LogP contribution is -2.45. The molecule has 2 nitrogen and oxygen atoms in total. The zero-order valence-electron chi connectivity index (χ0n) is 13.1. The first-order valence-corrected chi connectivity index (χ1v) is 9.35. The summed E-state index contributed by atoms with van der Waals surface area (Å²) >= 11 is 24.4. The first-order valence-electron chi connectivity index (χ1n) is 7.84. The molecule has 6 heteroatoms. The zero-order valence-corrected chi connectivity index (χ0v) is 16.1. The van der Waals surface area contributed by atoms with E-state index in [0.717, 1.165) is 60.4 Å². The first-order chi connectivity index (χ1) is 11.5. The van der Waals surface area contributed by atoms with E-state index < -0.39 is 0 Å². The van der Waals surface area contributed by atoms with Crippen molar-refractivity contribution < 1.29 is 0 Å². The van der Waals surface area contributed by atoms with Gasteiger partial charge in [0.1, 0.15) is 0 Å². The molecular formula is C18H18Cl4N2. The normalized spacial score (nSPS) is 16.5. The van der Waals surface area contributed by atoms with E-state index in [0.29, 0.717) is 10.0 Å². The van der Waals surface area contributed by atoms with Gasteiger partial charge in [0.15, 0.2) is 0 Å². The topological polar surface area (TPSA) is 6.48 Å². The zero-order chi connectivity index (χ0) is 17.1. The molecule has 0 amide bonds. The Kier molecular flexibility index (Phi) is 6.31. The molecule has 24 heavy (non-hydrogen) atoms. The summed E-state index contributed by atoms with van der Waals surface area (Å²) in [5.41, 5.74) is 2.24. The Bertz CT molecular complexity index is 651. The molecule has 2 aromatic rings. The van der Waals surface area contributed by atoms with E-state index in [4.69, 9.17) is 46.4 Å². The van der Waals surface area contributed by atoms with Crippen LogP contribution in [-0.4, -0.2) is 36.0 Å². The van der Waals surface area contributed by atoms with Crippen LogP contribution in [0.5, 0.6) is 0 Å². The number of hydrogen-bond donors (Lipinski definition) is 0. The van der Waals surface area contributed by atoms with Gasteiger partial charge in [0.2, 0.25) is 0 Å². The highest BCUT2D eigenvalue weighted by molar-refractivity contribution is 6.35. The monoisotopic (exact) mass is 402 g/mol. The summed E-state index contributed by atoms with van der Waals surface area (Å²) in [7, 11) is 0. The van der Waals surface area contributed by atoms with E-state index in [9.17, 15) is 0 Å². The smallest absolute Gasteiger partial charge is 0.0465 e. The van der Waals surface area contributed by atoms with Crippen molar-refractivity contribution in [2.24, 2.45) is 0 Å². The van der Waals surface area contributed by atoms with Gasteiger partial charge in [-0.25, -0.2) is 0 Å². The van der Waals surface area contributed by atoms with Gasteiger partial charge in [-0.05, 0) is 35.4 Å². The van der Waals surface area contributed by atoms with Crippen LogP contribution in [0.3, 0.4) is 0 Å². The SMILES string of the molecule is Clc1ccc(CN2CCN(Cc3ccc(Cl)cc3Cl)CC2)c(Cl)c1. The van der Waals surface area contributed by atoms with Crippen LogP contribution in [0.25, 0.3) is 0 Å². The Hall–Kier alpha value is -0.480. The maximum absolute atomic E-state index is 6.27. The summed E-state index contributed by atoms with van der Waals surface area (Å²) in [5.74, 6) is 0. The minimum atomic E-state index is 0.674. The quantitative estimate of drug-likeness (QED) is 0.653. The van der Waals surface area contributed by atoms with Crippen LogP contribution in [0.1, 0.15) is 11.1 Å². The Labute approximate surface area is 162 Å². The first kappa shape index (κ1) is 18.3. The van der Waals surface area contributed by atoms with Crippen LogP contribution in [0.2, 0.25) is 20.1 Å². The molecule has 0 saturated carbocycles. The van der Waals surface area contributed by atoms with Gasteiger partial charge in [-0.2, -0.15) is 0 Å². The molecule has 0 aromatic heterocycles. The molecule has 3 rings (SSSR count). The van der Waals surface area contributed by atoms with Crippen molar-refractivity contribution >= 4 is 46.4 Å². The van der Waals surface area contributed by atoms with E-state index in [2.05, 4.69) is 9.80 Å². The number of rotatable bonds is 4. The molecule has 0 unspecified atom stereocenters. The number of piperazine rings is 1. The summed E-state index contributed by atoms with van der Waals surface area (Å²) in [6, 6.07) is 11.4. The van der Waals surface area contributed by atoms with Crippen molar-refractivity contribution in [3.8, 4) is 0 Å². The maximum Gasteiger partial charge on any atom is 0.0465 e. The second kappa shape index (κ2) is 8.27. The number of halogens is 4. The molecule has 1 aliphatic heterocycles. The fourth-order valence-corrected chi connectivity index (χ4v) is 3.82. The van der Waals surface area contributed by atoms with Crippen LogP contribution in [0, 0.1) is 0 Å². The Balaban J connectivity index is 1.54. The van der Waals surface area contributed by atoms with Crippen molar-refractivity contribution in [1.82, 2.24) is 9.80 Å². The van der Waals surface area contributed by atoms with E-state index in [-0.39, 0.29) is 0 Å². The van der Waals surface area contributed by atoms with Crippen molar-refractivity contribution in [3.63, 3.8) is 0 Å². The number of nitrogens with zero attached hydrogens (tertiary/aromatic N) is 2. The average molecular weight is 404 g/mol. The van der Waals surface area contributed by atoms with Crippen LogP contribution in [0.4, 0.5) is 0 Å². The van der Waals surface area contributed by atoms with Gasteiger partial charge >= 0.3 is 0 Å². The van der Waals surface area contributed by atoms with Gasteiger partial charge in [0, 0.05) is 59.4 Å². The van der Waals surface area contributed by atoms with Gasteiger partial charge in [0.25, 0.3) is 0 Å². The van der Waals surface area contributed by atoms with E-state index in [1.54, 1.807) is 12.1 Å². The summed E-state index contributed by atoms with van der Waals surface area (Å²) < 4.78 is 0. The third kappa shape index (κ3) is 4.78. The fraction of sp³-hybridized carbons (Fsp3) is 0.333. The highest BCUT2D eigenvalue weighted by atomic mass is 35.5. The van der Waals surface area contributed by atoms with Gasteiger partial charge in [-0.1, -0.05) is 58.5 Å². The lowest BCUT2D eigenvalue weighted by molar-refractivity contribution is 0.122. The molecule has 1 fully saturated rings. The second-order valence-corrected chi connectivity index (χ2v) is 7.71. The molecule has 0 N–H and O–H groups in total. The maximum atomic E-state index is 6.27. The molecule has 0 atom stereocenters. The summed E-state index contributed by atoms with van der Waals surface area (Å²) in [6.07, 6.45) is 0. The molecule has 1 saturated heterocycles. The van der Waals surface area contributed by atoms with Crippen LogP contribution in [-0.2, 0) is 13.1 Å². The largest absolute Gasteiger partial charge is 0.296 e.